The van der Waals surface area contributed by atoms with Crippen molar-refractivity contribution < 1.29 is 9.13 Å². The number of hydrogen-bond donors (Lipinski definition) is 1. The highest BCUT2D eigenvalue weighted by atomic mass is 19.1. The van der Waals surface area contributed by atoms with E-state index < -0.39 is 0 Å². The quantitative estimate of drug-likeness (QED) is 0.751. The van der Waals surface area contributed by atoms with E-state index in [4.69, 9.17) is 10.5 Å². The fourth-order valence-electron chi connectivity index (χ4n) is 1.55. The molecule has 3 nitrogen and oxygen atoms in total. The van der Waals surface area contributed by atoms with Gasteiger partial charge in [-0.25, -0.2) is 4.39 Å². The maximum Gasteiger partial charge on any atom is 0.146 e. The van der Waals surface area contributed by atoms with Gasteiger partial charge in [-0.05, 0) is 24.1 Å². The van der Waals surface area contributed by atoms with Crippen molar-refractivity contribution in [1.29, 1.82) is 0 Å². The van der Waals surface area contributed by atoms with Crippen LogP contribution in [0.4, 0.5) is 10.1 Å². The summed E-state index contributed by atoms with van der Waals surface area (Å²) in [4.78, 5) is 1.88. The average Bonchev–Trinajstić information content (AvgIpc) is 2.29. The molecule has 0 aliphatic heterocycles. The van der Waals surface area contributed by atoms with Gasteiger partial charge in [0.05, 0.1) is 5.69 Å². The number of ether oxygens (including phenoxy) is 1. The highest BCUT2D eigenvalue weighted by Gasteiger charge is 2.07. The third kappa shape index (κ3) is 3.47. The number of rotatable bonds is 6. The molecular weight excluding hydrogens is 207 g/mol. The molecule has 0 aliphatic carbocycles. The lowest BCUT2D eigenvalue weighted by atomic mass is 10.2. The van der Waals surface area contributed by atoms with E-state index >= 15 is 0 Å². The van der Waals surface area contributed by atoms with Crippen LogP contribution in [0.5, 0.6) is 0 Å². The summed E-state index contributed by atoms with van der Waals surface area (Å²) >= 11 is 0. The zero-order valence-corrected chi connectivity index (χ0v) is 9.87. The van der Waals surface area contributed by atoms with E-state index in [1.165, 1.54) is 6.07 Å². The number of halogens is 1. The number of benzene rings is 1. The molecule has 1 rings (SSSR count). The van der Waals surface area contributed by atoms with Crippen molar-refractivity contribution in [2.75, 3.05) is 32.2 Å². The SMILES string of the molecule is COCCCN(C)c1ccc(CN)cc1F. The van der Waals surface area contributed by atoms with Crippen molar-refractivity contribution in [1.82, 2.24) is 0 Å². The second kappa shape index (κ2) is 6.45. The van der Waals surface area contributed by atoms with E-state index in [9.17, 15) is 4.39 Å². The summed E-state index contributed by atoms with van der Waals surface area (Å²) in [5.74, 6) is -0.220. The zero-order chi connectivity index (χ0) is 12.0. The van der Waals surface area contributed by atoms with Crippen LogP contribution in [0.25, 0.3) is 0 Å². The third-order valence-corrected chi connectivity index (χ3v) is 2.50. The summed E-state index contributed by atoms with van der Waals surface area (Å²) in [5.41, 5.74) is 6.86. The van der Waals surface area contributed by atoms with Crippen LogP contribution in [-0.2, 0) is 11.3 Å². The van der Waals surface area contributed by atoms with Crippen molar-refractivity contribution in [3.05, 3.63) is 29.6 Å². The van der Waals surface area contributed by atoms with Crippen LogP contribution in [0.1, 0.15) is 12.0 Å². The van der Waals surface area contributed by atoms with Gasteiger partial charge < -0.3 is 15.4 Å². The Bertz CT molecular complexity index is 331. The largest absolute Gasteiger partial charge is 0.385 e. The summed E-state index contributed by atoms with van der Waals surface area (Å²) < 4.78 is 18.6. The molecule has 0 aliphatic rings. The van der Waals surface area contributed by atoms with E-state index in [1.807, 2.05) is 18.0 Å². The molecule has 0 fully saturated rings. The van der Waals surface area contributed by atoms with Crippen LogP contribution >= 0.6 is 0 Å². The second-order valence-electron chi connectivity index (χ2n) is 3.76. The van der Waals surface area contributed by atoms with Gasteiger partial charge in [0.15, 0.2) is 0 Å². The zero-order valence-electron chi connectivity index (χ0n) is 9.87. The van der Waals surface area contributed by atoms with Crippen LogP contribution in [0.3, 0.4) is 0 Å². The summed E-state index contributed by atoms with van der Waals surface area (Å²) in [6, 6.07) is 5.11. The summed E-state index contributed by atoms with van der Waals surface area (Å²) in [6.45, 7) is 1.82. The first kappa shape index (κ1) is 12.9. The molecule has 0 saturated carbocycles. The molecule has 0 bridgehead atoms. The molecule has 0 heterocycles. The van der Waals surface area contributed by atoms with Gasteiger partial charge >= 0.3 is 0 Å². The molecule has 0 spiro atoms. The monoisotopic (exact) mass is 226 g/mol. The van der Waals surface area contributed by atoms with Crippen molar-refractivity contribution in [2.45, 2.75) is 13.0 Å². The molecule has 1 aromatic rings. The first-order chi connectivity index (χ1) is 7.69. The minimum absolute atomic E-state index is 0.220. The van der Waals surface area contributed by atoms with Gasteiger partial charge in [-0.3, -0.25) is 0 Å². The predicted molar refractivity (Wildman–Crippen MR) is 64.1 cm³/mol. The van der Waals surface area contributed by atoms with E-state index in [0.29, 0.717) is 18.8 Å². The van der Waals surface area contributed by atoms with Crippen LogP contribution in [0, 0.1) is 5.82 Å². The Kier molecular flexibility index (Phi) is 5.22. The standard InChI is InChI=1S/C12H19FN2O/c1-15(6-3-7-16-2)12-5-4-10(9-14)8-11(12)13/h4-5,8H,3,6-7,9,14H2,1-2H3. The van der Waals surface area contributed by atoms with Gasteiger partial charge in [-0.2, -0.15) is 0 Å². The van der Waals surface area contributed by atoms with Crippen molar-refractivity contribution in [3.63, 3.8) is 0 Å². The first-order valence-corrected chi connectivity index (χ1v) is 5.37. The fraction of sp³-hybridized carbons (Fsp3) is 0.500. The first-order valence-electron chi connectivity index (χ1n) is 5.37. The smallest absolute Gasteiger partial charge is 0.146 e. The molecule has 1 aromatic carbocycles. The van der Waals surface area contributed by atoms with E-state index in [2.05, 4.69) is 0 Å². The van der Waals surface area contributed by atoms with Crippen LogP contribution in [0.2, 0.25) is 0 Å². The minimum atomic E-state index is -0.220. The molecule has 0 atom stereocenters. The number of nitrogens with two attached hydrogens (primary N) is 1. The molecule has 2 N–H and O–H groups in total. The van der Waals surface area contributed by atoms with E-state index in [-0.39, 0.29) is 5.82 Å². The summed E-state index contributed by atoms with van der Waals surface area (Å²) in [6.07, 6.45) is 0.880. The van der Waals surface area contributed by atoms with Gasteiger partial charge in [0.2, 0.25) is 0 Å². The van der Waals surface area contributed by atoms with Gasteiger partial charge in [-0.15, -0.1) is 0 Å². The molecule has 0 amide bonds. The lowest BCUT2D eigenvalue weighted by Gasteiger charge is -2.20. The van der Waals surface area contributed by atoms with Crippen molar-refractivity contribution in [2.24, 2.45) is 5.73 Å². The van der Waals surface area contributed by atoms with Crippen LogP contribution < -0.4 is 10.6 Å². The lowest BCUT2D eigenvalue weighted by Crippen LogP contribution is -2.21. The molecule has 0 radical (unpaired) electrons. The van der Waals surface area contributed by atoms with Crippen LogP contribution in [0.15, 0.2) is 18.2 Å². The van der Waals surface area contributed by atoms with E-state index in [0.717, 1.165) is 18.5 Å². The topological polar surface area (TPSA) is 38.5 Å². The Morgan fingerprint density at radius 2 is 2.19 bits per heavy atom. The molecule has 0 aromatic heterocycles. The molecule has 16 heavy (non-hydrogen) atoms. The van der Waals surface area contributed by atoms with Gasteiger partial charge in [0.1, 0.15) is 5.82 Å². The Morgan fingerprint density at radius 1 is 1.44 bits per heavy atom. The summed E-state index contributed by atoms with van der Waals surface area (Å²) in [5, 5.41) is 0. The Morgan fingerprint density at radius 3 is 2.75 bits per heavy atom. The van der Waals surface area contributed by atoms with Gasteiger partial charge in [0.25, 0.3) is 0 Å². The third-order valence-electron chi connectivity index (χ3n) is 2.50. The molecule has 0 saturated heterocycles. The highest BCUT2D eigenvalue weighted by molar-refractivity contribution is 5.48. The molecule has 4 heteroatoms. The van der Waals surface area contributed by atoms with Crippen molar-refractivity contribution in [3.8, 4) is 0 Å². The Labute approximate surface area is 96.0 Å². The van der Waals surface area contributed by atoms with E-state index in [1.54, 1.807) is 13.2 Å². The predicted octanol–water partition coefficient (Wildman–Crippen LogP) is 1.76. The normalized spacial score (nSPS) is 10.5. The van der Waals surface area contributed by atoms with Gasteiger partial charge in [0, 0.05) is 33.9 Å². The van der Waals surface area contributed by atoms with Crippen LogP contribution in [-0.4, -0.2) is 27.3 Å². The Hall–Kier alpha value is -1.13. The summed E-state index contributed by atoms with van der Waals surface area (Å²) in [7, 11) is 3.53. The number of hydrogen-bond acceptors (Lipinski definition) is 3. The minimum Gasteiger partial charge on any atom is -0.385 e. The number of nitrogens with zero attached hydrogens (tertiary/aromatic N) is 1. The second-order valence-corrected chi connectivity index (χ2v) is 3.76. The maximum absolute atomic E-state index is 13.7. The molecular formula is C12H19FN2O. The molecule has 90 valence electrons. The van der Waals surface area contributed by atoms with Gasteiger partial charge in [-0.1, -0.05) is 6.07 Å². The maximum atomic E-state index is 13.7. The average molecular weight is 226 g/mol. The molecule has 0 unspecified atom stereocenters. The number of methoxy groups -OCH3 is 1. The highest BCUT2D eigenvalue weighted by Crippen LogP contribution is 2.19. The number of anilines is 1. The lowest BCUT2D eigenvalue weighted by molar-refractivity contribution is 0.196. The fourth-order valence-corrected chi connectivity index (χ4v) is 1.55. The Balaban J connectivity index is 2.64. The van der Waals surface area contributed by atoms with Crippen molar-refractivity contribution >= 4 is 5.69 Å².